The highest BCUT2D eigenvalue weighted by Crippen LogP contribution is 2.52. The second-order valence-electron chi connectivity index (χ2n) is 9.94. The third kappa shape index (κ3) is 2.88. The summed E-state index contributed by atoms with van der Waals surface area (Å²) < 4.78 is 6.61. The van der Waals surface area contributed by atoms with Gasteiger partial charge in [-0.05, 0) is 72.9 Å². The lowest BCUT2D eigenvalue weighted by Crippen LogP contribution is -2.29. The van der Waals surface area contributed by atoms with Crippen molar-refractivity contribution in [3.8, 4) is 11.4 Å². The maximum atomic E-state index is 13.4. The van der Waals surface area contributed by atoms with Gasteiger partial charge in [0, 0.05) is 16.6 Å². The summed E-state index contributed by atoms with van der Waals surface area (Å²) in [6.07, 6.45) is 6.00. The fourth-order valence-electron chi connectivity index (χ4n) is 6.48. The SMILES string of the molecule is CC(O)c1cc2n(c(=O)c1COC=O)Cc1c-2nc2ccc(N)c3c2c1CC1(CCCC1)C3. The monoisotopic (exact) mass is 445 g/mol. The number of pyridine rings is 2. The van der Waals surface area contributed by atoms with Crippen molar-refractivity contribution >= 4 is 23.1 Å². The highest BCUT2D eigenvalue weighted by atomic mass is 16.5. The molecule has 0 amide bonds. The summed E-state index contributed by atoms with van der Waals surface area (Å²) in [5.41, 5.74) is 14.1. The van der Waals surface area contributed by atoms with E-state index >= 15 is 0 Å². The summed E-state index contributed by atoms with van der Waals surface area (Å²) in [4.78, 5) is 29.2. The number of fused-ring (bicyclic) bond motifs is 4. The van der Waals surface area contributed by atoms with Crippen LogP contribution in [0.25, 0.3) is 22.3 Å². The van der Waals surface area contributed by atoms with Gasteiger partial charge in [-0.1, -0.05) is 12.8 Å². The van der Waals surface area contributed by atoms with Crippen LogP contribution < -0.4 is 11.3 Å². The van der Waals surface area contributed by atoms with Gasteiger partial charge in [0.25, 0.3) is 12.0 Å². The van der Waals surface area contributed by atoms with E-state index in [1.54, 1.807) is 11.5 Å². The maximum absolute atomic E-state index is 13.4. The zero-order chi connectivity index (χ0) is 22.9. The van der Waals surface area contributed by atoms with E-state index in [-0.39, 0.29) is 17.6 Å². The fourth-order valence-corrected chi connectivity index (χ4v) is 6.48. The topological polar surface area (TPSA) is 107 Å². The van der Waals surface area contributed by atoms with Gasteiger partial charge < -0.3 is 20.1 Å². The molecule has 3 aliphatic rings. The molecule has 0 saturated heterocycles. The number of ether oxygens (including phenoxy) is 1. The Morgan fingerprint density at radius 1 is 1.24 bits per heavy atom. The summed E-state index contributed by atoms with van der Waals surface area (Å²) in [5, 5.41) is 11.5. The summed E-state index contributed by atoms with van der Waals surface area (Å²) in [7, 11) is 0. The van der Waals surface area contributed by atoms with Gasteiger partial charge in [-0.2, -0.15) is 0 Å². The number of rotatable bonds is 4. The van der Waals surface area contributed by atoms with Gasteiger partial charge in [0.15, 0.2) is 0 Å². The number of aliphatic hydroxyl groups excluding tert-OH is 1. The average Bonchev–Trinajstić information content (AvgIpc) is 3.40. The molecule has 7 heteroatoms. The predicted molar refractivity (Wildman–Crippen MR) is 125 cm³/mol. The number of nitrogen functional groups attached to an aromatic ring is 1. The maximum Gasteiger partial charge on any atom is 0.293 e. The van der Waals surface area contributed by atoms with Gasteiger partial charge in [-0.25, -0.2) is 4.98 Å². The van der Waals surface area contributed by atoms with Gasteiger partial charge in [0.05, 0.1) is 35.1 Å². The Bertz CT molecular complexity index is 1380. The molecule has 0 radical (unpaired) electrons. The van der Waals surface area contributed by atoms with Gasteiger partial charge in [-0.15, -0.1) is 0 Å². The fraction of sp³-hybridized carbons (Fsp3) is 0.423. The summed E-state index contributed by atoms with van der Waals surface area (Å²) >= 11 is 0. The molecule has 170 valence electrons. The van der Waals surface area contributed by atoms with E-state index in [2.05, 4.69) is 0 Å². The molecule has 1 fully saturated rings. The molecule has 3 N–H and O–H groups in total. The van der Waals surface area contributed by atoms with Crippen molar-refractivity contribution in [1.82, 2.24) is 9.55 Å². The second-order valence-corrected chi connectivity index (χ2v) is 9.94. The highest BCUT2D eigenvalue weighted by Gasteiger charge is 2.41. The van der Waals surface area contributed by atoms with Crippen LogP contribution in [-0.2, 0) is 35.5 Å². The molecule has 1 spiro atoms. The third-order valence-electron chi connectivity index (χ3n) is 8.02. The predicted octanol–water partition coefficient (Wildman–Crippen LogP) is 3.39. The number of aliphatic hydroxyl groups is 1. The highest BCUT2D eigenvalue weighted by molar-refractivity contribution is 5.94. The average molecular weight is 446 g/mol. The van der Waals surface area contributed by atoms with Crippen LogP contribution in [0.5, 0.6) is 0 Å². The van der Waals surface area contributed by atoms with Crippen molar-refractivity contribution in [1.29, 1.82) is 0 Å². The van der Waals surface area contributed by atoms with E-state index in [9.17, 15) is 14.7 Å². The smallest absolute Gasteiger partial charge is 0.293 e. The van der Waals surface area contributed by atoms with Gasteiger partial charge >= 0.3 is 0 Å². The van der Waals surface area contributed by atoms with E-state index in [0.717, 1.165) is 40.7 Å². The van der Waals surface area contributed by atoms with Crippen LogP contribution in [0.1, 0.15) is 66.5 Å². The minimum Gasteiger partial charge on any atom is -0.463 e. The van der Waals surface area contributed by atoms with E-state index in [1.165, 1.54) is 36.8 Å². The van der Waals surface area contributed by atoms with Crippen LogP contribution in [0.3, 0.4) is 0 Å². The van der Waals surface area contributed by atoms with Crippen molar-refractivity contribution in [2.75, 3.05) is 5.73 Å². The number of anilines is 1. The first-order chi connectivity index (χ1) is 15.9. The van der Waals surface area contributed by atoms with Crippen molar-refractivity contribution in [3.05, 3.63) is 56.4 Å². The standard InChI is InChI=1S/C26H27N3O4/c1-14(31)15-8-22-24-18(11-29(22)25(32)19(15)12-33-13-30)16-9-26(6-2-3-7-26)10-17-20(27)4-5-21(28-24)23(16)17/h4-5,8,13-14,31H,2-3,6-7,9-12,27H2,1H3. The van der Waals surface area contributed by atoms with Gasteiger partial charge in [-0.3, -0.25) is 9.59 Å². The van der Waals surface area contributed by atoms with Crippen LogP contribution in [-0.4, -0.2) is 21.1 Å². The largest absolute Gasteiger partial charge is 0.463 e. The Labute approximate surface area is 191 Å². The number of nitrogens with two attached hydrogens (primary N) is 1. The van der Waals surface area contributed by atoms with Crippen LogP contribution in [0.2, 0.25) is 0 Å². The molecule has 1 atom stereocenters. The molecule has 1 unspecified atom stereocenters. The first-order valence-electron chi connectivity index (χ1n) is 11.7. The molecule has 3 aromatic rings. The normalized spacial score (nSPS) is 18.4. The van der Waals surface area contributed by atoms with Crippen molar-refractivity contribution < 1.29 is 14.6 Å². The molecule has 1 aliphatic heterocycles. The Hall–Kier alpha value is -3.19. The Kier molecular flexibility index (Phi) is 4.43. The Morgan fingerprint density at radius 2 is 2.00 bits per heavy atom. The minimum absolute atomic E-state index is 0.161. The molecule has 33 heavy (non-hydrogen) atoms. The number of hydrogen-bond donors (Lipinski definition) is 2. The zero-order valence-electron chi connectivity index (χ0n) is 18.7. The molecule has 7 nitrogen and oxygen atoms in total. The van der Waals surface area contributed by atoms with E-state index < -0.39 is 6.10 Å². The van der Waals surface area contributed by atoms with Crippen LogP contribution in [0.15, 0.2) is 23.0 Å². The second kappa shape index (κ2) is 7.15. The quantitative estimate of drug-likeness (QED) is 0.368. The third-order valence-corrected chi connectivity index (χ3v) is 8.02. The van der Waals surface area contributed by atoms with E-state index in [4.69, 9.17) is 15.5 Å². The Balaban J connectivity index is 1.61. The lowest BCUT2D eigenvalue weighted by atomic mass is 9.68. The number of benzene rings is 1. The first-order valence-corrected chi connectivity index (χ1v) is 11.7. The molecule has 0 bridgehead atoms. The first kappa shape index (κ1) is 20.4. The molecular weight excluding hydrogens is 418 g/mol. The summed E-state index contributed by atoms with van der Waals surface area (Å²) in [6, 6.07) is 5.77. The van der Waals surface area contributed by atoms with Gasteiger partial charge in [0.2, 0.25) is 0 Å². The molecular formula is C26H27N3O4. The number of aromatic nitrogens is 2. The van der Waals surface area contributed by atoms with Crippen LogP contribution in [0.4, 0.5) is 5.69 Å². The number of carbonyl (C=O) groups excluding carboxylic acids is 1. The number of nitrogens with zero attached hydrogens (tertiary/aromatic N) is 2. The molecule has 3 heterocycles. The van der Waals surface area contributed by atoms with Crippen molar-refractivity contribution in [2.45, 2.75) is 64.7 Å². The van der Waals surface area contributed by atoms with Crippen molar-refractivity contribution in [3.63, 3.8) is 0 Å². The van der Waals surface area contributed by atoms with Crippen LogP contribution >= 0.6 is 0 Å². The number of hydrogen-bond acceptors (Lipinski definition) is 6. The molecule has 2 aliphatic carbocycles. The summed E-state index contributed by atoms with van der Waals surface area (Å²) in [5.74, 6) is 0. The summed E-state index contributed by atoms with van der Waals surface area (Å²) in [6.45, 7) is 2.21. The lowest BCUT2D eigenvalue weighted by molar-refractivity contribution is -0.129. The zero-order valence-corrected chi connectivity index (χ0v) is 18.7. The number of carbonyl (C=O) groups is 1. The molecule has 1 saturated carbocycles. The van der Waals surface area contributed by atoms with Crippen LogP contribution in [0, 0.1) is 5.41 Å². The molecule has 6 rings (SSSR count). The van der Waals surface area contributed by atoms with E-state index in [1.807, 2.05) is 18.2 Å². The minimum atomic E-state index is -0.870. The lowest BCUT2D eigenvalue weighted by Gasteiger charge is -2.36. The van der Waals surface area contributed by atoms with Gasteiger partial charge in [0.1, 0.15) is 6.61 Å². The van der Waals surface area contributed by atoms with E-state index in [0.29, 0.717) is 29.8 Å². The molecule has 2 aromatic heterocycles. The molecule has 1 aromatic carbocycles. The van der Waals surface area contributed by atoms with Crippen molar-refractivity contribution in [2.24, 2.45) is 5.41 Å². The Morgan fingerprint density at radius 3 is 2.73 bits per heavy atom.